The van der Waals surface area contributed by atoms with Crippen LogP contribution in [0.15, 0.2) is 29.2 Å². The van der Waals surface area contributed by atoms with Crippen molar-refractivity contribution in [2.75, 3.05) is 13.1 Å². The Labute approximate surface area is 116 Å². The Balaban J connectivity index is 2.16. The Morgan fingerprint density at radius 2 is 1.63 bits per heavy atom. The van der Waals surface area contributed by atoms with Gasteiger partial charge in [0, 0.05) is 13.1 Å². The van der Waals surface area contributed by atoms with Gasteiger partial charge in [0.1, 0.15) is 0 Å². The highest BCUT2D eigenvalue weighted by Crippen LogP contribution is 2.21. The number of hydrogen-bond acceptors (Lipinski definition) is 2. The van der Waals surface area contributed by atoms with Crippen LogP contribution in [0.4, 0.5) is 0 Å². The van der Waals surface area contributed by atoms with Crippen molar-refractivity contribution < 1.29 is 8.42 Å². The molecule has 0 saturated carbocycles. The molecule has 0 bridgehead atoms. The largest absolute Gasteiger partial charge is 0.243 e. The molecule has 0 radical (unpaired) electrons. The van der Waals surface area contributed by atoms with Crippen molar-refractivity contribution in [1.29, 1.82) is 0 Å². The van der Waals surface area contributed by atoms with Crippen molar-refractivity contribution in [3.63, 3.8) is 0 Å². The lowest BCUT2D eigenvalue weighted by Crippen LogP contribution is -2.35. The molecule has 19 heavy (non-hydrogen) atoms. The van der Waals surface area contributed by atoms with Gasteiger partial charge in [-0.2, -0.15) is 4.31 Å². The van der Waals surface area contributed by atoms with Crippen molar-refractivity contribution in [1.82, 2.24) is 4.31 Å². The fourth-order valence-electron chi connectivity index (χ4n) is 2.52. The number of rotatable bonds is 4. The van der Waals surface area contributed by atoms with Gasteiger partial charge < -0.3 is 0 Å². The summed E-state index contributed by atoms with van der Waals surface area (Å²) in [5.74, 6) is 0.588. The van der Waals surface area contributed by atoms with Crippen LogP contribution in [0.25, 0.3) is 0 Å². The third-order valence-corrected chi connectivity index (χ3v) is 5.43. The van der Waals surface area contributed by atoms with Gasteiger partial charge in [0.15, 0.2) is 0 Å². The molecule has 1 aromatic carbocycles. The van der Waals surface area contributed by atoms with Gasteiger partial charge in [-0.05, 0) is 42.9 Å². The molecule has 106 valence electrons. The predicted octanol–water partition coefficient (Wildman–Crippen LogP) is 3.06. The number of piperidine rings is 1. The minimum absolute atomic E-state index is 0.432. The maximum atomic E-state index is 12.4. The molecule has 0 aromatic heterocycles. The Morgan fingerprint density at radius 1 is 1.05 bits per heavy atom. The molecule has 4 heteroatoms. The molecule has 1 saturated heterocycles. The maximum absolute atomic E-state index is 12.4. The second-order valence-corrected chi connectivity index (χ2v) is 7.64. The van der Waals surface area contributed by atoms with E-state index in [0.29, 0.717) is 23.9 Å². The Morgan fingerprint density at radius 3 is 2.16 bits per heavy atom. The van der Waals surface area contributed by atoms with Crippen molar-refractivity contribution in [2.45, 2.75) is 44.4 Å². The molecule has 1 heterocycles. The molecule has 1 fully saturated rings. The zero-order valence-electron chi connectivity index (χ0n) is 11.8. The lowest BCUT2D eigenvalue weighted by Gasteiger charge is -2.25. The van der Waals surface area contributed by atoms with Crippen molar-refractivity contribution >= 4 is 10.0 Å². The van der Waals surface area contributed by atoms with Crippen molar-refractivity contribution in [2.24, 2.45) is 5.92 Å². The van der Waals surface area contributed by atoms with Crippen LogP contribution in [0.2, 0.25) is 0 Å². The average molecular weight is 281 g/mol. The summed E-state index contributed by atoms with van der Waals surface area (Å²) in [5, 5.41) is 0. The predicted molar refractivity (Wildman–Crippen MR) is 77.6 cm³/mol. The van der Waals surface area contributed by atoms with Crippen LogP contribution >= 0.6 is 0 Å². The molecular weight excluding hydrogens is 258 g/mol. The zero-order valence-corrected chi connectivity index (χ0v) is 12.6. The van der Waals surface area contributed by atoms with Gasteiger partial charge in [0.2, 0.25) is 10.0 Å². The summed E-state index contributed by atoms with van der Waals surface area (Å²) in [5.41, 5.74) is 1.20. The lowest BCUT2D eigenvalue weighted by atomic mass is 10.0. The van der Waals surface area contributed by atoms with Gasteiger partial charge in [-0.3, -0.25) is 0 Å². The molecule has 0 atom stereocenters. The van der Waals surface area contributed by atoms with Gasteiger partial charge in [-0.15, -0.1) is 0 Å². The van der Waals surface area contributed by atoms with Crippen LogP contribution in [0, 0.1) is 5.92 Å². The first-order valence-electron chi connectivity index (χ1n) is 7.09. The molecule has 2 rings (SSSR count). The molecule has 0 amide bonds. The summed E-state index contributed by atoms with van der Waals surface area (Å²) in [6.45, 7) is 5.66. The molecule has 3 nitrogen and oxygen atoms in total. The summed E-state index contributed by atoms with van der Waals surface area (Å²) < 4.78 is 26.5. The fraction of sp³-hybridized carbons (Fsp3) is 0.600. The second-order valence-electron chi connectivity index (χ2n) is 5.71. The van der Waals surface area contributed by atoms with E-state index in [1.54, 1.807) is 16.4 Å². The van der Waals surface area contributed by atoms with Crippen LogP contribution in [0.3, 0.4) is 0 Å². The van der Waals surface area contributed by atoms with E-state index in [4.69, 9.17) is 0 Å². The highest BCUT2D eigenvalue weighted by Gasteiger charge is 2.25. The third kappa shape index (κ3) is 3.57. The molecule has 0 N–H and O–H groups in total. The van der Waals surface area contributed by atoms with Gasteiger partial charge >= 0.3 is 0 Å². The third-order valence-electron chi connectivity index (χ3n) is 3.52. The van der Waals surface area contributed by atoms with E-state index >= 15 is 0 Å². The minimum Gasteiger partial charge on any atom is -0.207 e. The summed E-state index contributed by atoms with van der Waals surface area (Å²) in [6, 6.07) is 7.39. The standard InChI is InChI=1S/C15H23NO2S/c1-13(2)12-14-6-8-15(9-7-14)19(17,18)16-10-4-3-5-11-16/h6-9,13H,3-5,10-12H2,1-2H3. The van der Waals surface area contributed by atoms with E-state index in [2.05, 4.69) is 13.8 Å². The first-order chi connectivity index (χ1) is 9.00. The van der Waals surface area contributed by atoms with E-state index < -0.39 is 10.0 Å². The van der Waals surface area contributed by atoms with Gasteiger partial charge in [0.05, 0.1) is 4.90 Å². The normalized spacial score (nSPS) is 17.8. The molecule has 1 aromatic rings. The van der Waals surface area contributed by atoms with Crippen LogP contribution in [-0.2, 0) is 16.4 Å². The minimum atomic E-state index is -3.27. The highest BCUT2D eigenvalue weighted by molar-refractivity contribution is 7.89. The van der Waals surface area contributed by atoms with E-state index in [0.717, 1.165) is 25.7 Å². The second kappa shape index (κ2) is 6.06. The lowest BCUT2D eigenvalue weighted by molar-refractivity contribution is 0.346. The summed E-state index contributed by atoms with van der Waals surface area (Å²) in [7, 11) is -3.27. The van der Waals surface area contributed by atoms with Crippen LogP contribution in [-0.4, -0.2) is 25.8 Å². The number of sulfonamides is 1. The topological polar surface area (TPSA) is 37.4 Å². The van der Waals surface area contributed by atoms with E-state index in [9.17, 15) is 8.42 Å². The maximum Gasteiger partial charge on any atom is 0.243 e. The zero-order chi connectivity index (χ0) is 13.9. The summed E-state index contributed by atoms with van der Waals surface area (Å²) in [4.78, 5) is 0.432. The van der Waals surface area contributed by atoms with Crippen molar-refractivity contribution in [3.05, 3.63) is 29.8 Å². The Bertz CT molecular complexity index is 499. The molecular formula is C15H23NO2S. The van der Waals surface area contributed by atoms with E-state index in [-0.39, 0.29) is 0 Å². The Kier molecular flexibility index (Phi) is 4.63. The monoisotopic (exact) mass is 281 g/mol. The van der Waals surface area contributed by atoms with Crippen LogP contribution in [0.5, 0.6) is 0 Å². The number of nitrogens with zero attached hydrogens (tertiary/aromatic N) is 1. The van der Waals surface area contributed by atoms with Gasteiger partial charge in [-0.1, -0.05) is 32.4 Å². The van der Waals surface area contributed by atoms with Crippen LogP contribution in [0.1, 0.15) is 38.7 Å². The van der Waals surface area contributed by atoms with E-state index in [1.165, 1.54) is 5.56 Å². The highest BCUT2D eigenvalue weighted by atomic mass is 32.2. The number of hydrogen-bond donors (Lipinski definition) is 0. The van der Waals surface area contributed by atoms with Crippen molar-refractivity contribution in [3.8, 4) is 0 Å². The number of benzene rings is 1. The molecule has 0 spiro atoms. The first kappa shape index (κ1) is 14.5. The molecule has 0 unspecified atom stereocenters. The quantitative estimate of drug-likeness (QED) is 0.850. The van der Waals surface area contributed by atoms with Gasteiger partial charge in [0.25, 0.3) is 0 Å². The van der Waals surface area contributed by atoms with Gasteiger partial charge in [-0.25, -0.2) is 8.42 Å². The summed E-state index contributed by atoms with van der Waals surface area (Å²) >= 11 is 0. The average Bonchev–Trinajstić information content (AvgIpc) is 2.40. The smallest absolute Gasteiger partial charge is 0.207 e. The fourth-order valence-corrected chi connectivity index (χ4v) is 4.04. The Hall–Kier alpha value is -0.870. The van der Waals surface area contributed by atoms with Crippen LogP contribution < -0.4 is 0 Å². The molecule has 1 aliphatic heterocycles. The molecule has 0 aliphatic carbocycles. The molecule has 1 aliphatic rings. The first-order valence-corrected chi connectivity index (χ1v) is 8.53. The van der Waals surface area contributed by atoms with E-state index in [1.807, 2.05) is 12.1 Å². The SMILES string of the molecule is CC(C)Cc1ccc(S(=O)(=O)N2CCCCC2)cc1. The summed E-state index contributed by atoms with van der Waals surface area (Å²) in [6.07, 6.45) is 4.08.